The standard InChI is InChI=1S/C11H17N.C8H11N/c1-4-12(5-2)11-8-6-7-10(3)9-11;1-9(2)8-6-4-3-5-7-8/h6-9H,4-5H2,1-3H3;3-7H,1-2H3. The summed E-state index contributed by atoms with van der Waals surface area (Å²) in [6.45, 7) is 8.67. The number of aryl methyl sites for hydroxylation is 1. The second-order valence-corrected chi connectivity index (χ2v) is 5.24. The van der Waals surface area contributed by atoms with E-state index in [4.69, 9.17) is 0 Å². The molecule has 0 N–H and O–H groups in total. The fourth-order valence-electron chi connectivity index (χ4n) is 2.14. The first-order chi connectivity index (χ1) is 10.1. The summed E-state index contributed by atoms with van der Waals surface area (Å²) >= 11 is 0. The Labute approximate surface area is 130 Å². The van der Waals surface area contributed by atoms with Gasteiger partial charge in [0.2, 0.25) is 0 Å². The van der Waals surface area contributed by atoms with Crippen LogP contribution in [-0.2, 0) is 0 Å². The van der Waals surface area contributed by atoms with Crippen LogP contribution in [0.1, 0.15) is 19.4 Å². The zero-order chi connectivity index (χ0) is 15.7. The molecule has 0 aromatic heterocycles. The lowest BCUT2D eigenvalue weighted by molar-refractivity contribution is 0.865. The molecule has 0 atom stereocenters. The maximum absolute atomic E-state index is 2.35. The van der Waals surface area contributed by atoms with Gasteiger partial charge in [-0.3, -0.25) is 0 Å². The molecule has 0 aliphatic carbocycles. The molecule has 0 heterocycles. The molecule has 2 nitrogen and oxygen atoms in total. The van der Waals surface area contributed by atoms with Gasteiger partial charge in [-0.05, 0) is 50.6 Å². The minimum absolute atomic E-state index is 1.08. The average Bonchev–Trinajstić information content (AvgIpc) is 2.50. The summed E-state index contributed by atoms with van der Waals surface area (Å²) in [5.74, 6) is 0. The first-order valence-electron chi connectivity index (χ1n) is 7.62. The van der Waals surface area contributed by atoms with E-state index in [1.807, 2.05) is 32.3 Å². The van der Waals surface area contributed by atoms with Gasteiger partial charge in [-0.2, -0.15) is 0 Å². The summed E-state index contributed by atoms with van der Waals surface area (Å²) < 4.78 is 0. The molecule has 0 radical (unpaired) electrons. The van der Waals surface area contributed by atoms with Crippen LogP contribution in [0.5, 0.6) is 0 Å². The second-order valence-electron chi connectivity index (χ2n) is 5.24. The van der Waals surface area contributed by atoms with Crippen LogP contribution in [0.4, 0.5) is 11.4 Å². The molecular weight excluding hydrogens is 256 g/mol. The van der Waals surface area contributed by atoms with Gasteiger partial charge in [0.1, 0.15) is 0 Å². The van der Waals surface area contributed by atoms with Crippen molar-refractivity contribution < 1.29 is 0 Å². The third-order valence-electron chi connectivity index (χ3n) is 3.40. The van der Waals surface area contributed by atoms with E-state index in [-0.39, 0.29) is 0 Å². The van der Waals surface area contributed by atoms with Crippen LogP contribution in [0.15, 0.2) is 54.6 Å². The highest BCUT2D eigenvalue weighted by Crippen LogP contribution is 2.14. The molecule has 0 bridgehead atoms. The molecule has 0 fully saturated rings. The van der Waals surface area contributed by atoms with Crippen molar-refractivity contribution in [1.82, 2.24) is 0 Å². The predicted octanol–water partition coefficient (Wildman–Crippen LogP) is 4.59. The molecule has 0 unspecified atom stereocenters. The molecule has 0 saturated carbocycles. The molecule has 2 aromatic rings. The molecule has 0 spiro atoms. The Morgan fingerprint density at radius 2 is 1.33 bits per heavy atom. The van der Waals surface area contributed by atoms with Crippen LogP contribution in [0.3, 0.4) is 0 Å². The van der Waals surface area contributed by atoms with Gasteiger partial charge in [0.05, 0.1) is 0 Å². The van der Waals surface area contributed by atoms with E-state index in [9.17, 15) is 0 Å². The molecule has 0 aliphatic heterocycles. The number of benzene rings is 2. The fraction of sp³-hybridized carbons (Fsp3) is 0.368. The van der Waals surface area contributed by atoms with Crippen molar-refractivity contribution in [2.45, 2.75) is 20.8 Å². The van der Waals surface area contributed by atoms with Crippen LogP contribution >= 0.6 is 0 Å². The van der Waals surface area contributed by atoms with E-state index in [1.54, 1.807) is 0 Å². The fourth-order valence-corrected chi connectivity index (χ4v) is 2.14. The molecular formula is C19H28N2. The minimum Gasteiger partial charge on any atom is -0.378 e. The minimum atomic E-state index is 1.08. The quantitative estimate of drug-likeness (QED) is 0.810. The lowest BCUT2D eigenvalue weighted by atomic mass is 10.2. The topological polar surface area (TPSA) is 6.48 Å². The molecule has 2 aromatic carbocycles. The zero-order valence-electron chi connectivity index (χ0n) is 14.0. The Bertz CT molecular complexity index is 502. The number of nitrogens with zero attached hydrogens (tertiary/aromatic N) is 2. The van der Waals surface area contributed by atoms with Gasteiger partial charge in [-0.1, -0.05) is 30.3 Å². The largest absolute Gasteiger partial charge is 0.378 e. The Hall–Kier alpha value is -1.96. The van der Waals surface area contributed by atoms with Crippen molar-refractivity contribution in [3.63, 3.8) is 0 Å². The second kappa shape index (κ2) is 9.06. The van der Waals surface area contributed by atoms with Crippen molar-refractivity contribution in [3.05, 3.63) is 60.2 Å². The first-order valence-corrected chi connectivity index (χ1v) is 7.62. The lowest BCUT2D eigenvalue weighted by Crippen LogP contribution is -2.21. The van der Waals surface area contributed by atoms with Crippen molar-refractivity contribution in [1.29, 1.82) is 0 Å². The van der Waals surface area contributed by atoms with E-state index in [0.717, 1.165) is 13.1 Å². The van der Waals surface area contributed by atoms with E-state index in [1.165, 1.54) is 16.9 Å². The van der Waals surface area contributed by atoms with Gasteiger partial charge < -0.3 is 9.80 Å². The SMILES string of the molecule is CCN(CC)c1cccc(C)c1.CN(C)c1ccccc1. The summed E-state index contributed by atoms with van der Waals surface area (Å²) in [7, 11) is 4.07. The Kier molecular flexibility index (Phi) is 7.38. The zero-order valence-corrected chi connectivity index (χ0v) is 14.0. The van der Waals surface area contributed by atoms with Crippen LogP contribution in [-0.4, -0.2) is 27.2 Å². The monoisotopic (exact) mass is 284 g/mol. The number of anilines is 2. The van der Waals surface area contributed by atoms with Crippen molar-refractivity contribution >= 4 is 11.4 Å². The highest BCUT2D eigenvalue weighted by Gasteiger charge is 1.99. The Balaban J connectivity index is 0.000000219. The normalized spacial score (nSPS) is 9.57. The predicted molar refractivity (Wildman–Crippen MR) is 95.5 cm³/mol. The maximum Gasteiger partial charge on any atom is 0.0368 e. The van der Waals surface area contributed by atoms with Gasteiger partial charge in [-0.15, -0.1) is 0 Å². The number of hydrogen-bond donors (Lipinski definition) is 0. The maximum atomic E-state index is 2.35. The van der Waals surface area contributed by atoms with E-state index in [2.05, 4.69) is 67.0 Å². The summed E-state index contributed by atoms with van der Waals surface area (Å²) in [5.41, 5.74) is 3.91. The highest BCUT2D eigenvalue weighted by atomic mass is 15.1. The molecule has 0 aliphatic rings. The van der Waals surface area contributed by atoms with E-state index in [0.29, 0.717) is 0 Å². The van der Waals surface area contributed by atoms with Gasteiger partial charge in [0.15, 0.2) is 0 Å². The Morgan fingerprint density at radius 1 is 0.762 bits per heavy atom. The molecule has 21 heavy (non-hydrogen) atoms. The van der Waals surface area contributed by atoms with Gasteiger partial charge in [-0.25, -0.2) is 0 Å². The summed E-state index contributed by atoms with van der Waals surface area (Å²) in [5, 5.41) is 0. The summed E-state index contributed by atoms with van der Waals surface area (Å²) in [6, 6.07) is 18.9. The third-order valence-corrected chi connectivity index (χ3v) is 3.40. The lowest BCUT2D eigenvalue weighted by Gasteiger charge is -2.21. The third kappa shape index (κ3) is 5.90. The Morgan fingerprint density at radius 3 is 1.76 bits per heavy atom. The van der Waals surface area contributed by atoms with Crippen molar-refractivity contribution in [2.24, 2.45) is 0 Å². The summed E-state index contributed by atoms with van der Waals surface area (Å²) in [6.07, 6.45) is 0. The smallest absolute Gasteiger partial charge is 0.0368 e. The van der Waals surface area contributed by atoms with Crippen molar-refractivity contribution in [3.8, 4) is 0 Å². The molecule has 2 heteroatoms. The van der Waals surface area contributed by atoms with Crippen LogP contribution in [0.2, 0.25) is 0 Å². The highest BCUT2D eigenvalue weighted by molar-refractivity contribution is 5.48. The number of hydrogen-bond acceptors (Lipinski definition) is 2. The van der Waals surface area contributed by atoms with Crippen LogP contribution in [0, 0.1) is 6.92 Å². The number of rotatable bonds is 4. The molecule has 0 amide bonds. The van der Waals surface area contributed by atoms with Crippen LogP contribution in [0.25, 0.3) is 0 Å². The first kappa shape index (κ1) is 17.1. The van der Waals surface area contributed by atoms with E-state index >= 15 is 0 Å². The average molecular weight is 284 g/mol. The van der Waals surface area contributed by atoms with E-state index < -0.39 is 0 Å². The van der Waals surface area contributed by atoms with Gasteiger partial charge >= 0.3 is 0 Å². The molecule has 114 valence electrons. The van der Waals surface area contributed by atoms with Crippen molar-refractivity contribution in [2.75, 3.05) is 37.0 Å². The number of para-hydroxylation sites is 1. The molecule has 0 saturated heterocycles. The molecule has 2 rings (SSSR count). The van der Waals surface area contributed by atoms with Gasteiger partial charge in [0, 0.05) is 38.6 Å². The summed E-state index contributed by atoms with van der Waals surface area (Å²) in [4.78, 5) is 4.44. The van der Waals surface area contributed by atoms with Crippen LogP contribution < -0.4 is 9.80 Å². The van der Waals surface area contributed by atoms with Gasteiger partial charge in [0.25, 0.3) is 0 Å².